The average Bonchev–Trinajstić information content (AvgIpc) is 2.29. The summed E-state index contributed by atoms with van der Waals surface area (Å²) >= 11 is 11.6. The molecule has 0 bridgehead atoms. The zero-order valence-electron chi connectivity index (χ0n) is 10.5. The molecule has 0 radical (unpaired) electrons. The van der Waals surface area contributed by atoms with Crippen LogP contribution in [0, 0.1) is 0 Å². The average molecular weight is 305 g/mol. The molecule has 0 aliphatic heterocycles. The van der Waals surface area contributed by atoms with Crippen molar-refractivity contribution in [1.82, 2.24) is 10.3 Å². The number of aromatic nitrogens is 1. The lowest BCUT2D eigenvalue weighted by Gasteiger charge is -2.25. The van der Waals surface area contributed by atoms with Gasteiger partial charge in [0.15, 0.2) is 0 Å². The van der Waals surface area contributed by atoms with Crippen LogP contribution in [0.5, 0.6) is 0 Å². The maximum absolute atomic E-state index is 12.0. The van der Waals surface area contributed by atoms with E-state index in [2.05, 4.69) is 10.3 Å². The van der Waals surface area contributed by atoms with Crippen molar-refractivity contribution < 1.29 is 14.7 Å². The maximum atomic E-state index is 12.0. The molecule has 0 atom stereocenters. The van der Waals surface area contributed by atoms with Crippen molar-refractivity contribution >= 4 is 35.1 Å². The Kier molecular flexibility index (Phi) is 5.14. The molecular formula is C12H14Cl2N2O3. The van der Waals surface area contributed by atoms with Gasteiger partial charge in [0, 0.05) is 18.2 Å². The lowest BCUT2D eigenvalue weighted by Crippen LogP contribution is -2.43. The molecule has 19 heavy (non-hydrogen) atoms. The van der Waals surface area contributed by atoms with E-state index in [4.69, 9.17) is 28.3 Å². The number of nitrogens with zero attached hydrogens (tertiary/aromatic N) is 1. The Morgan fingerprint density at radius 3 is 2.63 bits per heavy atom. The molecule has 1 aromatic rings. The van der Waals surface area contributed by atoms with E-state index in [-0.39, 0.29) is 22.2 Å². The lowest BCUT2D eigenvalue weighted by atomic mass is 9.98. The molecule has 0 aromatic carbocycles. The quantitative estimate of drug-likeness (QED) is 0.820. The van der Waals surface area contributed by atoms with Crippen molar-refractivity contribution in [1.29, 1.82) is 0 Å². The molecule has 2 N–H and O–H groups in total. The zero-order chi connectivity index (χ0) is 14.6. The van der Waals surface area contributed by atoms with Gasteiger partial charge in [-0.2, -0.15) is 0 Å². The van der Waals surface area contributed by atoms with E-state index < -0.39 is 17.4 Å². The highest BCUT2D eigenvalue weighted by Crippen LogP contribution is 2.20. The van der Waals surface area contributed by atoms with Crippen molar-refractivity contribution in [3.8, 4) is 0 Å². The second-order valence-electron chi connectivity index (χ2n) is 4.72. The molecule has 0 spiro atoms. The van der Waals surface area contributed by atoms with E-state index in [1.54, 1.807) is 13.8 Å². The van der Waals surface area contributed by atoms with Gasteiger partial charge < -0.3 is 10.4 Å². The number of pyridine rings is 1. The van der Waals surface area contributed by atoms with Gasteiger partial charge in [0.25, 0.3) is 5.91 Å². The van der Waals surface area contributed by atoms with Gasteiger partial charge in [0.2, 0.25) is 0 Å². The highest BCUT2D eigenvalue weighted by molar-refractivity contribution is 6.35. The summed E-state index contributed by atoms with van der Waals surface area (Å²) in [7, 11) is 0. The predicted octanol–water partition coefficient (Wildman–Crippen LogP) is 2.76. The van der Waals surface area contributed by atoms with Gasteiger partial charge in [-0.1, -0.05) is 23.2 Å². The van der Waals surface area contributed by atoms with Gasteiger partial charge in [-0.3, -0.25) is 9.59 Å². The van der Waals surface area contributed by atoms with E-state index in [0.717, 1.165) is 0 Å². The highest BCUT2D eigenvalue weighted by Gasteiger charge is 2.23. The van der Waals surface area contributed by atoms with Crippen LogP contribution >= 0.6 is 23.2 Å². The highest BCUT2D eigenvalue weighted by atomic mass is 35.5. The Balaban J connectivity index is 2.78. The van der Waals surface area contributed by atoms with E-state index in [1.165, 1.54) is 12.3 Å². The second-order valence-corrected chi connectivity index (χ2v) is 5.51. The number of hydrogen-bond acceptors (Lipinski definition) is 3. The van der Waals surface area contributed by atoms with Crippen LogP contribution in [0.4, 0.5) is 0 Å². The van der Waals surface area contributed by atoms with Crippen LogP contribution in [-0.4, -0.2) is 27.5 Å². The third kappa shape index (κ3) is 5.04. The number of hydrogen-bond donors (Lipinski definition) is 2. The van der Waals surface area contributed by atoms with Crippen LogP contribution in [0.25, 0.3) is 0 Å². The van der Waals surface area contributed by atoms with Crippen molar-refractivity contribution in [3.05, 3.63) is 28.0 Å². The van der Waals surface area contributed by atoms with Gasteiger partial charge in [0.05, 0.1) is 10.6 Å². The molecule has 0 unspecified atom stereocenters. The number of nitrogens with one attached hydrogen (secondary N) is 1. The minimum atomic E-state index is -0.910. The van der Waals surface area contributed by atoms with Crippen LogP contribution in [0.3, 0.4) is 0 Å². The standard InChI is InChI=1S/C12H14Cl2N2O3/c1-12(2,4-3-10(17)18)16-11(19)7-5-9(14)15-6-8(7)13/h5-6H,3-4H2,1-2H3,(H,16,19)(H,17,18). The fraction of sp³-hybridized carbons (Fsp3) is 0.417. The number of aliphatic carboxylic acids is 1. The third-order valence-electron chi connectivity index (χ3n) is 2.48. The molecule has 1 rings (SSSR count). The third-order valence-corrected chi connectivity index (χ3v) is 2.99. The molecule has 1 amide bonds. The first-order chi connectivity index (χ1) is 8.71. The molecule has 7 heteroatoms. The molecule has 104 valence electrons. The summed E-state index contributed by atoms with van der Waals surface area (Å²) in [6.07, 6.45) is 1.58. The van der Waals surface area contributed by atoms with Crippen molar-refractivity contribution in [2.45, 2.75) is 32.2 Å². The Morgan fingerprint density at radius 2 is 2.05 bits per heavy atom. The van der Waals surface area contributed by atoms with Crippen molar-refractivity contribution in [2.75, 3.05) is 0 Å². The van der Waals surface area contributed by atoms with E-state index >= 15 is 0 Å². The largest absolute Gasteiger partial charge is 0.481 e. The summed E-state index contributed by atoms with van der Waals surface area (Å²) in [5, 5.41) is 11.7. The fourth-order valence-electron chi connectivity index (χ4n) is 1.44. The Bertz CT molecular complexity index is 504. The topological polar surface area (TPSA) is 79.3 Å². The molecule has 0 fully saturated rings. The van der Waals surface area contributed by atoms with E-state index in [1.807, 2.05) is 0 Å². The first-order valence-electron chi connectivity index (χ1n) is 5.56. The number of carbonyl (C=O) groups excluding carboxylic acids is 1. The number of carbonyl (C=O) groups is 2. The minimum absolute atomic E-state index is 0.0296. The molecule has 0 aliphatic rings. The normalized spacial score (nSPS) is 11.2. The summed E-state index contributed by atoms with van der Waals surface area (Å²) in [6, 6.07) is 1.37. The smallest absolute Gasteiger partial charge is 0.303 e. The maximum Gasteiger partial charge on any atom is 0.303 e. The zero-order valence-corrected chi connectivity index (χ0v) is 12.0. The Labute approximate surface area is 120 Å². The summed E-state index contributed by atoms with van der Waals surface area (Å²) in [5.41, 5.74) is -0.445. The number of halogens is 2. The molecule has 0 saturated heterocycles. The number of carboxylic acids is 1. The van der Waals surface area contributed by atoms with Crippen LogP contribution in [0.2, 0.25) is 10.2 Å². The minimum Gasteiger partial charge on any atom is -0.481 e. The first-order valence-corrected chi connectivity index (χ1v) is 6.32. The molecule has 0 aliphatic carbocycles. The van der Waals surface area contributed by atoms with E-state index in [0.29, 0.717) is 6.42 Å². The van der Waals surface area contributed by atoms with Crippen LogP contribution in [0.15, 0.2) is 12.3 Å². The summed E-state index contributed by atoms with van der Waals surface area (Å²) in [5.74, 6) is -1.32. The number of rotatable bonds is 5. The SMILES string of the molecule is CC(C)(CCC(=O)O)NC(=O)c1cc(Cl)ncc1Cl. The number of carboxylic acid groups (broad SMARTS) is 1. The molecular weight excluding hydrogens is 291 g/mol. The van der Waals surface area contributed by atoms with Gasteiger partial charge in [0.1, 0.15) is 5.15 Å². The summed E-state index contributed by atoms with van der Waals surface area (Å²) in [4.78, 5) is 26.3. The van der Waals surface area contributed by atoms with Crippen LogP contribution in [-0.2, 0) is 4.79 Å². The number of amides is 1. The van der Waals surface area contributed by atoms with Gasteiger partial charge in [-0.15, -0.1) is 0 Å². The monoisotopic (exact) mass is 304 g/mol. The van der Waals surface area contributed by atoms with Crippen LogP contribution in [0.1, 0.15) is 37.0 Å². The summed E-state index contributed by atoms with van der Waals surface area (Å²) < 4.78 is 0. The van der Waals surface area contributed by atoms with E-state index in [9.17, 15) is 9.59 Å². The van der Waals surface area contributed by atoms with Crippen molar-refractivity contribution in [2.24, 2.45) is 0 Å². The van der Waals surface area contributed by atoms with Crippen LogP contribution < -0.4 is 5.32 Å². The molecule has 1 aromatic heterocycles. The summed E-state index contributed by atoms with van der Waals surface area (Å²) in [6.45, 7) is 3.48. The first kappa shape index (κ1) is 15.7. The van der Waals surface area contributed by atoms with Gasteiger partial charge in [-0.25, -0.2) is 4.98 Å². The second kappa shape index (κ2) is 6.21. The van der Waals surface area contributed by atoms with Crippen molar-refractivity contribution in [3.63, 3.8) is 0 Å². The predicted molar refractivity (Wildman–Crippen MR) is 72.7 cm³/mol. The Hall–Kier alpha value is -1.33. The fourth-order valence-corrected chi connectivity index (χ4v) is 1.79. The van der Waals surface area contributed by atoms with Gasteiger partial charge in [-0.05, 0) is 26.3 Å². The lowest BCUT2D eigenvalue weighted by molar-refractivity contribution is -0.137. The Morgan fingerprint density at radius 1 is 1.42 bits per heavy atom. The molecule has 5 nitrogen and oxygen atoms in total. The molecule has 1 heterocycles. The van der Waals surface area contributed by atoms with Gasteiger partial charge >= 0.3 is 5.97 Å². The molecule has 0 saturated carbocycles.